The van der Waals surface area contributed by atoms with Gasteiger partial charge in [-0.25, -0.2) is 0 Å². The molecule has 7 heteroatoms. The van der Waals surface area contributed by atoms with E-state index in [9.17, 15) is 9.59 Å². The molecule has 0 unspecified atom stereocenters. The van der Waals surface area contributed by atoms with E-state index in [-0.39, 0.29) is 24.2 Å². The Labute approximate surface area is 168 Å². The van der Waals surface area contributed by atoms with Gasteiger partial charge in [0, 0.05) is 41.7 Å². The first-order valence-electron chi connectivity index (χ1n) is 9.29. The van der Waals surface area contributed by atoms with Crippen molar-refractivity contribution in [2.45, 2.75) is 17.7 Å². The summed E-state index contributed by atoms with van der Waals surface area (Å²) in [4.78, 5) is 28.0. The summed E-state index contributed by atoms with van der Waals surface area (Å²) in [6, 6.07) is 13.2. The van der Waals surface area contributed by atoms with Crippen LogP contribution in [0.1, 0.15) is 12.8 Å². The van der Waals surface area contributed by atoms with Crippen LogP contribution in [0.25, 0.3) is 0 Å². The van der Waals surface area contributed by atoms with Crippen LogP contribution in [0.5, 0.6) is 11.5 Å². The Bertz CT molecular complexity index is 884. The molecule has 0 radical (unpaired) electrons. The molecular weight excluding hydrogens is 376 g/mol. The summed E-state index contributed by atoms with van der Waals surface area (Å²) >= 11 is 1.65. The van der Waals surface area contributed by atoms with Gasteiger partial charge in [0.05, 0.1) is 19.1 Å². The molecule has 2 aliphatic rings. The van der Waals surface area contributed by atoms with Gasteiger partial charge in [0.1, 0.15) is 0 Å². The van der Waals surface area contributed by atoms with E-state index in [2.05, 4.69) is 5.32 Å². The summed E-state index contributed by atoms with van der Waals surface area (Å²) < 4.78 is 11.3. The van der Waals surface area contributed by atoms with Crippen LogP contribution < -0.4 is 19.7 Å². The van der Waals surface area contributed by atoms with Gasteiger partial charge in [0.25, 0.3) is 0 Å². The third-order valence-electron chi connectivity index (χ3n) is 4.89. The van der Waals surface area contributed by atoms with Crippen LogP contribution >= 0.6 is 11.8 Å². The van der Waals surface area contributed by atoms with Crippen molar-refractivity contribution in [3.8, 4) is 11.5 Å². The summed E-state index contributed by atoms with van der Waals surface area (Å²) in [7, 11) is 0. The number of anilines is 2. The molecule has 2 heterocycles. The van der Waals surface area contributed by atoms with E-state index in [0.29, 0.717) is 36.9 Å². The lowest BCUT2D eigenvalue weighted by molar-refractivity contribution is -0.122. The minimum atomic E-state index is -0.385. The predicted octanol–water partition coefficient (Wildman–Crippen LogP) is 3.56. The summed E-state index contributed by atoms with van der Waals surface area (Å²) in [5.74, 6) is 0.741. The number of rotatable bonds is 4. The number of fused-ring (bicyclic) bond motifs is 1. The maximum atomic E-state index is 12.7. The van der Waals surface area contributed by atoms with E-state index < -0.39 is 0 Å². The van der Waals surface area contributed by atoms with Crippen molar-refractivity contribution >= 4 is 35.0 Å². The van der Waals surface area contributed by atoms with Crippen molar-refractivity contribution in [1.29, 1.82) is 0 Å². The fourth-order valence-electron chi connectivity index (χ4n) is 3.38. The maximum Gasteiger partial charge on any atom is 0.229 e. The predicted molar refractivity (Wildman–Crippen MR) is 109 cm³/mol. The number of ether oxygens (including phenoxy) is 2. The molecule has 0 aromatic heterocycles. The van der Waals surface area contributed by atoms with Gasteiger partial charge in [-0.15, -0.1) is 11.8 Å². The molecule has 28 heavy (non-hydrogen) atoms. The first-order valence-corrected chi connectivity index (χ1v) is 10.5. The molecule has 1 atom stereocenters. The monoisotopic (exact) mass is 398 g/mol. The molecule has 2 aromatic rings. The molecule has 2 aromatic carbocycles. The zero-order chi connectivity index (χ0) is 19.5. The van der Waals surface area contributed by atoms with Crippen LogP contribution in [0.4, 0.5) is 11.4 Å². The Morgan fingerprint density at radius 3 is 2.61 bits per heavy atom. The van der Waals surface area contributed by atoms with Crippen LogP contribution in [-0.4, -0.2) is 37.8 Å². The fraction of sp³-hybridized carbons (Fsp3) is 0.333. The molecule has 0 spiro atoms. The summed E-state index contributed by atoms with van der Waals surface area (Å²) in [5, 5.41) is 2.91. The number of nitrogens with one attached hydrogen (secondary N) is 1. The van der Waals surface area contributed by atoms with Crippen LogP contribution in [0.15, 0.2) is 47.4 Å². The second kappa shape index (κ2) is 8.14. The van der Waals surface area contributed by atoms with Crippen molar-refractivity contribution in [1.82, 2.24) is 0 Å². The number of hydrogen-bond donors (Lipinski definition) is 1. The number of carbonyl (C=O) groups is 2. The van der Waals surface area contributed by atoms with E-state index in [1.165, 1.54) is 0 Å². The maximum absolute atomic E-state index is 12.7. The van der Waals surface area contributed by atoms with E-state index >= 15 is 0 Å². The van der Waals surface area contributed by atoms with Gasteiger partial charge in [0.2, 0.25) is 11.8 Å². The van der Waals surface area contributed by atoms with E-state index in [4.69, 9.17) is 9.47 Å². The van der Waals surface area contributed by atoms with Crippen LogP contribution in [0.3, 0.4) is 0 Å². The first-order chi connectivity index (χ1) is 13.6. The second-order valence-electron chi connectivity index (χ2n) is 6.80. The van der Waals surface area contributed by atoms with Crippen LogP contribution in [0.2, 0.25) is 0 Å². The Morgan fingerprint density at radius 2 is 1.86 bits per heavy atom. The molecule has 146 valence electrons. The van der Waals surface area contributed by atoms with Crippen LogP contribution in [0, 0.1) is 5.92 Å². The lowest BCUT2D eigenvalue weighted by Crippen LogP contribution is -2.28. The normalized spacial score (nSPS) is 18.7. The zero-order valence-corrected chi connectivity index (χ0v) is 16.5. The molecule has 0 bridgehead atoms. The fourth-order valence-corrected chi connectivity index (χ4v) is 3.79. The van der Waals surface area contributed by atoms with Gasteiger partial charge in [-0.05, 0) is 42.7 Å². The Balaban J connectivity index is 1.42. The average Bonchev–Trinajstić information content (AvgIpc) is 2.95. The first kappa shape index (κ1) is 18.7. The Morgan fingerprint density at radius 1 is 1.11 bits per heavy atom. The van der Waals surface area contributed by atoms with Crippen molar-refractivity contribution in [3.63, 3.8) is 0 Å². The SMILES string of the molecule is CSc1ccc(N2C[C@H](C(=O)Nc3ccc4c(c3)OCCCO4)CC2=O)cc1. The van der Waals surface area contributed by atoms with Crippen molar-refractivity contribution in [2.24, 2.45) is 5.92 Å². The molecular formula is C21H22N2O4S. The van der Waals surface area contributed by atoms with Gasteiger partial charge >= 0.3 is 0 Å². The van der Waals surface area contributed by atoms with Crippen molar-refractivity contribution in [2.75, 3.05) is 36.2 Å². The molecule has 0 saturated carbocycles. The number of carbonyl (C=O) groups excluding carboxylic acids is 2. The summed E-state index contributed by atoms with van der Waals surface area (Å²) in [5.41, 5.74) is 1.47. The molecule has 1 saturated heterocycles. The molecule has 1 N–H and O–H groups in total. The third-order valence-corrected chi connectivity index (χ3v) is 5.64. The smallest absolute Gasteiger partial charge is 0.229 e. The van der Waals surface area contributed by atoms with Gasteiger partial charge in [-0.1, -0.05) is 0 Å². The van der Waals surface area contributed by atoms with Gasteiger partial charge < -0.3 is 19.7 Å². The topological polar surface area (TPSA) is 67.9 Å². The van der Waals surface area contributed by atoms with Crippen molar-refractivity contribution in [3.05, 3.63) is 42.5 Å². The molecule has 1 fully saturated rings. The number of nitrogens with zero attached hydrogens (tertiary/aromatic N) is 1. The number of benzene rings is 2. The molecule has 2 aliphatic heterocycles. The highest BCUT2D eigenvalue weighted by atomic mass is 32.2. The van der Waals surface area contributed by atoms with Gasteiger partial charge in [-0.3, -0.25) is 9.59 Å². The van der Waals surface area contributed by atoms with E-state index in [1.54, 1.807) is 34.9 Å². The average molecular weight is 398 g/mol. The highest BCUT2D eigenvalue weighted by molar-refractivity contribution is 7.98. The number of amides is 2. The lowest BCUT2D eigenvalue weighted by atomic mass is 10.1. The quantitative estimate of drug-likeness (QED) is 0.798. The minimum Gasteiger partial charge on any atom is -0.490 e. The Hall–Kier alpha value is -2.67. The Kier molecular flexibility index (Phi) is 5.43. The second-order valence-corrected chi connectivity index (χ2v) is 7.68. The van der Waals surface area contributed by atoms with E-state index in [1.807, 2.05) is 30.5 Å². The third kappa shape index (κ3) is 3.94. The van der Waals surface area contributed by atoms with Gasteiger partial charge in [0.15, 0.2) is 11.5 Å². The number of thioether (sulfide) groups is 1. The molecule has 4 rings (SSSR count). The highest BCUT2D eigenvalue weighted by Crippen LogP contribution is 2.33. The lowest BCUT2D eigenvalue weighted by Gasteiger charge is -2.17. The standard InChI is InChI=1S/C21H22N2O4S/c1-28-17-6-4-16(5-7-17)23-13-14(11-20(23)24)21(25)22-15-3-8-18-19(12-15)27-10-2-9-26-18/h3-8,12,14H,2,9-11,13H2,1H3,(H,22,25)/t14-/m1/s1. The zero-order valence-electron chi connectivity index (χ0n) is 15.6. The molecule has 0 aliphatic carbocycles. The van der Waals surface area contributed by atoms with Crippen molar-refractivity contribution < 1.29 is 19.1 Å². The molecule has 2 amide bonds. The summed E-state index contributed by atoms with van der Waals surface area (Å²) in [6.45, 7) is 1.59. The highest BCUT2D eigenvalue weighted by Gasteiger charge is 2.35. The summed E-state index contributed by atoms with van der Waals surface area (Å²) in [6.07, 6.45) is 3.05. The largest absolute Gasteiger partial charge is 0.490 e. The van der Waals surface area contributed by atoms with Crippen LogP contribution in [-0.2, 0) is 9.59 Å². The van der Waals surface area contributed by atoms with E-state index in [0.717, 1.165) is 17.0 Å². The van der Waals surface area contributed by atoms with Gasteiger partial charge in [-0.2, -0.15) is 0 Å². The number of hydrogen-bond acceptors (Lipinski definition) is 5. The minimum absolute atomic E-state index is 0.0317. The molecule has 6 nitrogen and oxygen atoms in total.